The van der Waals surface area contributed by atoms with Gasteiger partial charge in [-0.3, -0.25) is 24.4 Å². The van der Waals surface area contributed by atoms with E-state index in [0.29, 0.717) is 22.8 Å². The number of carboxylic acid groups (broad SMARTS) is 2. The molecule has 196 valence electrons. The fraction of sp³-hybridized carbons (Fsp3) is 0.391. The third-order valence-corrected chi connectivity index (χ3v) is 8.19. The molecule has 0 aliphatic carbocycles. The second-order valence-electron chi connectivity index (χ2n) is 8.80. The van der Waals surface area contributed by atoms with Crippen molar-refractivity contribution in [2.24, 2.45) is 0 Å². The highest BCUT2D eigenvalue weighted by atomic mass is 32.2. The number of hydrogen-bond donors (Lipinski definition) is 5. The van der Waals surface area contributed by atoms with Gasteiger partial charge in [-0.15, -0.1) is 16.9 Å². The molecule has 4 rings (SSSR count). The second kappa shape index (κ2) is 10.9. The van der Waals surface area contributed by atoms with E-state index in [2.05, 4.69) is 20.5 Å². The maximum Gasteiger partial charge on any atom is 0.352 e. The lowest BCUT2D eigenvalue weighted by Gasteiger charge is -2.49. The number of thioether (sulfide) groups is 2. The van der Waals surface area contributed by atoms with Gasteiger partial charge >= 0.3 is 11.9 Å². The Morgan fingerprint density at radius 3 is 2.51 bits per heavy atom. The Bertz CT molecular complexity index is 1260. The molecule has 0 bridgehead atoms. The fourth-order valence-electron chi connectivity index (χ4n) is 3.96. The largest absolute Gasteiger partial charge is 0.481 e. The van der Waals surface area contributed by atoms with Crippen molar-refractivity contribution in [3.63, 3.8) is 0 Å². The smallest absolute Gasteiger partial charge is 0.352 e. The van der Waals surface area contributed by atoms with Gasteiger partial charge in [-0.2, -0.15) is 0 Å². The summed E-state index contributed by atoms with van der Waals surface area (Å²) in [6.45, 7) is 4.06. The van der Waals surface area contributed by atoms with Crippen LogP contribution in [0.1, 0.15) is 42.8 Å². The summed E-state index contributed by atoms with van der Waals surface area (Å²) in [6.07, 6.45) is -1.79. The molecule has 3 atom stereocenters. The quantitative estimate of drug-likeness (QED) is 0.212. The molecule has 0 saturated carbocycles. The van der Waals surface area contributed by atoms with E-state index in [-0.39, 0.29) is 28.9 Å². The third kappa shape index (κ3) is 5.65. The molecular weight excluding hydrogens is 522 g/mol. The van der Waals surface area contributed by atoms with Crippen LogP contribution in [0.15, 0.2) is 40.7 Å². The van der Waals surface area contributed by atoms with Gasteiger partial charge in [0.25, 0.3) is 11.8 Å². The number of carbonyl (C=O) groups excluding carboxylic acids is 2. The molecule has 2 aromatic rings. The molecule has 2 aliphatic heterocycles. The number of aliphatic hydroxyl groups is 1. The highest BCUT2D eigenvalue weighted by molar-refractivity contribution is 8.01. The molecule has 0 spiro atoms. The van der Waals surface area contributed by atoms with Gasteiger partial charge in [0.05, 0.1) is 0 Å². The Morgan fingerprint density at radius 2 is 1.89 bits per heavy atom. The Balaban J connectivity index is 1.41. The Morgan fingerprint density at radius 1 is 1.22 bits per heavy atom. The number of benzene rings is 1. The molecule has 5 N–H and O–H groups in total. The zero-order valence-electron chi connectivity index (χ0n) is 19.9. The standard InChI is InChI=1S/C23H25N5O7S2/c1-10(2)11-3-5-12(6-4-11)18(31)19(32)25-16-20(33)28-17(22(34)35)13(8-36-21(16)28)9-37-23-24-14(26-27-23)7-15(29)30/h3-6,10,16,18,21,31H,7-9H2,1-2H3,(H,25,32)(H,29,30)(H,34,35)(H,24,26,27)/t16?,18?,21-/m1/s1. The minimum absolute atomic E-state index is 0.155. The third-order valence-electron chi connectivity index (χ3n) is 5.92. The van der Waals surface area contributed by atoms with Gasteiger partial charge < -0.3 is 20.6 Å². The minimum Gasteiger partial charge on any atom is -0.481 e. The van der Waals surface area contributed by atoms with E-state index in [1.54, 1.807) is 12.1 Å². The van der Waals surface area contributed by atoms with Crippen LogP contribution in [0.2, 0.25) is 0 Å². The number of aromatic nitrogens is 3. The molecule has 1 aromatic carbocycles. The van der Waals surface area contributed by atoms with Crippen molar-refractivity contribution < 1.29 is 34.5 Å². The number of aliphatic hydroxyl groups excluding tert-OH is 1. The van der Waals surface area contributed by atoms with Crippen molar-refractivity contribution in [1.29, 1.82) is 0 Å². The summed E-state index contributed by atoms with van der Waals surface area (Å²) in [5, 5.41) is 37.8. The monoisotopic (exact) mass is 547 g/mol. The van der Waals surface area contributed by atoms with Crippen molar-refractivity contribution in [1.82, 2.24) is 25.4 Å². The van der Waals surface area contributed by atoms with Crippen LogP contribution in [0.4, 0.5) is 0 Å². The summed E-state index contributed by atoms with van der Waals surface area (Å²) in [6, 6.07) is 6.03. The predicted octanol–water partition coefficient (Wildman–Crippen LogP) is 1.12. The van der Waals surface area contributed by atoms with Crippen LogP contribution in [0.5, 0.6) is 0 Å². The number of H-pyrrole nitrogens is 1. The number of amides is 2. The lowest BCUT2D eigenvalue weighted by Crippen LogP contribution is -2.70. The summed E-state index contributed by atoms with van der Waals surface area (Å²) in [5.41, 5.74) is 1.78. The van der Waals surface area contributed by atoms with Crippen molar-refractivity contribution in [2.45, 2.75) is 48.9 Å². The molecule has 1 saturated heterocycles. The molecule has 12 nitrogen and oxygen atoms in total. The molecule has 37 heavy (non-hydrogen) atoms. The highest BCUT2D eigenvalue weighted by Gasteiger charge is 2.54. The highest BCUT2D eigenvalue weighted by Crippen LogP contribution is 2.41. The van der Waals surface area contributed by atoms with Gasteiger partial charge in [0, 0.05) is 11.5 Å². The summed E-state index contributed by atoms with van der Waals surface area (Å²) < 4.78 is 0. The van der Waals surface area contributed by atoms with Crippen LogP contribution in [-0.2, 0) is 25.6 Å². The van der Waals surface area contributed by atoms with Crippen molar-refractivity contribution in [2.75, 3.05) is 11.5 Å². The van der Waals surface area contributed by atoms with Crippen LogP contribution in [0, 0.1) is 0 Å². The number of aliphatic carboxylic acids is 2. The van der Waals surface area contributed by atoms with Crippen molar-refractivity contribution in [3.05, 3.63) is 52.5 Å². The number of carboxylic acids is 2. The number of β-lactam (4-membered cyclic amide) rings is 1. The van der Waals surface area contributed by atoms with Crippen molar-refractivity contribution in [3.8, 4) is 0 Å². The number of rotatable bonds is 10. The molecule has 2 aliphatic rings. The van der Waals surface area contributed by atoms with Gasteiger partial charge in [0.15, 0.2) is 6.10 Å². The zero-order chi connectivity index (χ0) is 26.9. The van der Waals surface area contributed by atoms with Crippen LogP contribution >= 0.6 is 23.5 Å². The van der Waals surface area contributed by atoms with E-state index < -0.39 is 41.3 Å². The van der Waals surface area contributed by atoms with Crippen LogP contribution in [0.3, 0.4) is 0 Å². The van der Waals surface area contributed by atoms with Crippen LogP contribution < -0.4 is 5.32 Å². The lowest BCUT2D eigenvalue weighted by molar-refractivity contribution is -0.151. The molecule has 2 unspecified atom stereocenters. The first-order valence-corrected chi connectivity index (χ1v) is 13.3. The van der Waals surface area contributed by atoms with E-state index >= 15 is 0 Å². The van der Waals surface area contributed by atoms with E-state index in [1.165, 1.54) is 11.8 Å². The van der Waals surface area contributed by atoms with Gasteiger partial charge in [-0.1, -0.05) is 49.9 Å². The topological polar surface area (TPSA) is 186 Å². The van der Waals surface area contributed by atoms with Gasteiger partial charge in [0.1, 0.15) is 29.4 Å². The number of hydrogen-bond acceptors (Lipinski definition) is 9. The van der Waals surface area contributed by atoms with E-state index in [4.69, 9.17) is 5.11 Å². The number of aromatic amines is 1. The first-order chi connectivity index (χ1) is 17.6. The molecule has 1 fully saturated rings. The summed E-state index contributed by atoms with van der Waals surface area (Å²) in [4.78, 5) is 53.6. The first kappa shape index (κ1) is 26.7. The average molecular weight is 548 g/mol. The Kier molecular flexibility index (Phi) is 7.90. The average Bonchev–Trinajstić information content (AvgIpc) is 3.31. The SMILES string of the molecule is CC(C)c1ccc(C(O)C(=O)NC2C(=O)N3C(C(=O)O)=C(CSc4n[nH]c(CC(=O)O)n4)CS[C@H]23)cc1. The molecular formula is C23H25N5O7S2. The van der Waals surface area contributed by atoms with Crippen molar-refractivity contribution >= 4 is 47.3 Å². The van der Waals surface area contributed by atoms with Gasteiger partial charge in [0.2, 0.25) is 5.16 Å². The molecule has 1 aromatic heterocycles. The normalized spacial score (nSPS) is 19.9. The number of carbonyl (C=O) groups is 4. The zero-order valence-corrected chi connectivity index (χ0v) is 21.5. The summed E-state index contributed by atoms with van der Waals surface area (Å²) in [5.74, 6) is -2.70. The van der Waals surface area contributed by atoms with Crippen LogP contribution in [-0.4, -0.2) is 82.1 Å². The molecule has 0 radical (unpaired) electrons. The summed E-state index contributed by atoms with van der Waals surface area (Å²) in [7, 11) is 0. The lowest BCUT2D eigenvalue weighted by atomic mass is 9.99. The number of nitrogens with zero attached hydrogens (tertiary/aromatic N) is 3. The summed E-state index contributed by atoms with van der Waals surface area (Å²) >= 11 is 2.42. The fourth-order valence-corrected chi connectivity index (χ4v) is 6.26. The first-order valence-electron chi connectivity index (χ1n) is 11.3. The molecule has 2 amide bonds. The van der Waals surface area contributed by atoms with E-state index in [9.17, 15) is 29.4 Å². The number of nitrogens with one attached hydrogen (secondary N) is 2. The molecule has 14 heteroatoms. The van der Waals surface area contributed by atoms with Gasteiger partial charge in [-0.25, -0.2) is 9.78 Å². The predicted molar refractivity (Wildman–Crippen MR) is 134 cm³/mol. The maximum absolute atomic E-state index is 12.9. The second-order valence-corrected chi connectivity index (χ2v) is 10.8. The molecule has 3 heterocycles. The minimum atomic E-state index is -1.47. The Hall–Kier alpha value is -3.36. The maximum atomic E-state index is 12.9. The van der Waals surface area contributed by atoms with E-state index in [1.807, 2.05) is 26.0 Å². The van der Waals surface area contributed by atoms with Gasteiger partial charge in [-0.05, 0) is 22.6 Å². The van der Waals surface area contributed by atoms with E-state index in [0.717, 1.165) is 22.2 Å². The Labute approximate surface area is 219 Å². The van der Waals surface area contributed by atoms with Crippen LogP contribution in [0.25, 0.3) is 0 Å². The number of fused-ring (bicyclic) bond motifs is 1.